The Hall–Kier alpha value is -4.58. The summed E-state index contributed by atoms with van der Waals surface area (Å²) in [6, 6.07) is 10.6. The fourth-order valence-electron chi connectivity index (χ4n) is 4.12. The highest BCUT2D eigenvalue weighted by molar-refractivity contribution is 7.17. The van der Waals surface area contributed by atoms with Gasteiger partial charge in [-0.3, -0.25) is 24.6 Å². The lowest BCUT2D eigenvalue weighted by Gasteiger charge is -2.22. The third-order valence-corrected chi connectivity index (χ3v) is 7.23. The van der Waals surface area contributed by atoms with Crippen LogP contribution in [0.1, 0.15) is 52.3 Å². The molecule has 1 aliphatic rings. The van der Waals surface area contributed by atoms with Gasteiger partial charge in [-0.2, -0.15) is 0 Å². The van der Waals surface area contributed by atoms with Crippen molar-refractivity contribution in [2.24, 2.45) is 0 Å². The van der Waals surface area contributed by atoms with E-state index in [1.54, 1.807) is 31.2 Å². The number of amides is 1. The van der Waals surface area contributed by atoms with Gasteiger partial charge in [0.25, 0.3) is 11.5 Å². The molecular weight excluding hydrogens is 526 g/mol. The monoisotopic (exact) mass is 551 g/mol. The van der Waals surface area contributed by atoms with Crippen molar-refractivity contribution in [1.82, 2.24) is 4.98 Å². The van der Waals surface area contributed by atoms with Gasteiger partial charge in [0.1, 0.15) is 16.4 Å². The van der Waals surface area contributed by atoms with Gasteiger partial charge in [-0.25, -0.2) is 9.78 Å². The zero-order valence-electron chi connectivity index (χ0n) is 21.4. The van der Waals surface area contributed by atoms with Crippen LogP contribution >= 0.6 is 11.3 Å². The summed E-state index contributed by atoms with van der Waals surface area (Å²) in [6.45, 7) is 4.12. The Bertz CT molecular complexity index is 1480. The van der Waals surface area contributed by atoms with Gasteiger partial charge in [0.05, 0.1) is 35.9 Å². The minimum Gasteiger partial charge on any atom is -0.507 e. The van der Waals surface area contributed by atoms with Crippen molar-refractivity contribution in [2.45, 2.75) is 32.7 Å². The second kappa shape index (κ2) is 11.4. The molecule has 0 aliphatic carbocycles. The first-order valence-corrected chi connectivity index (χ1v) is 12.8. The Balaban J connectivity index is 1.86. The maximum absolute atomic E-state index is 13.3. The minimum atomic E-state index is -1.25. The molecule has 0 bridgehead atoms. The van der Waals surface area contributed by atoms with Crippen molar-refractivity contribution < 1.29 is 33.9 Å². The lowest BCUT2D eigenvalue weighted by atomic mass is 9.95. The number of hydrogen-bond acceptors (Lipinski definition) is 10. The number of nitro groups is 1. The van der Waals surface area contributed by atoms with E-state index in [1.165, 1.54) is 31.4 Å². The normalized spacial score (nSPS) is 16.4. The summed E-state index contributed by atoms with van der Waals surface area (Å²) in [6.07, 6.45) is 1.85. The number of anilines is 1. The Morgan fingerprint density at radius 3 is 2.56 bits per heavy atom. The standard InChI is InChI=1S/C27H25N3O8S/c1-4-5-13-38-19-11-9-16(10-12-19)22(31)20-21(17-7-6-8-18(14-17)30(35)36)29(25(33)23(20)32)27-28-15(2)24(39-27)26(34)37-3/h6-12,14,21,31H,4-5,13H2,1-3H3/b22-20-. The number of thiazole rings is 1. The number of esters is 1. The van der Waals surface area contributed by atoms with Gasteiger partial charge in [-0.05, 0) is 43.2 Å². The van der Waals surface area contributed by atoms with Crippen molar-refractivity contribution >= 4 is 45.6 Å². The van der Waals surface area contributed by atoms with Crippen LogP contribution < -0.4 is 9.64 Å². The zero-order valence-corrected chi connectivity index (χ0v) is 22.2. The van der Waals surface area contributed by atoms with Crippen molar-refractivity contribution in [3.05, 3.63) is 85.9 Å². The minimum absolute atomic E-state index is 0.00484. The lowest BCUT2D eigenvalue weighted by Crippen LogP contribution is -2.29. The molecule has 1 fully saturated rings. The number of unbranched alkanes of at least 4 members (excludes halogenated alkanes) is 1. The van der Waals surface area contributed by atoms with Crippen LogP contribution in [0.5, 0.6) is 5.75 Å². The van der Waals surface area contributed by atoms with Crippen molar-refractivity contribution in [3.63, 3.8) is 0 Å². The molecule has 0 spiro atoms. The average molecular weight is 552 g/mol. The Kier molecular flexibility index (Phi) is 8.05. The Morgan fingerprint density at radius 1 is 1.21 bits per heavy atom. The number of nitrogens with zero attached hydrogens (tertiary/aromatic N) is 3. The molecule has 1 aliphatic heterocycles. The largest absolute Gasteiger partial charge is 0.507 e. The van der Waals surface area contributed by atoms with Crippen LogP contribution in [0.15, 0.2) is 54.1 Å². The van der Waals surface area contributed by atoms with E-state index in [-0.39, 0.29) is 38.1 Å². The number of hydrogen-bond donors (Lipinski definition) is 1. The van der Waals surface area contributed by atoms with Crippen LogP contribution in [0, 0.1) is 17.0 Å². The fourth-order valence-corrected chi connectivity index (χ4v) is 5.13. The predicted molar refractivity (Wildman–Crippen MR) is 143 cm³/mol. The van der Waals surface area contributed by atoms with Gasteiger partial charge in [0.2, 0.25) is 0 Å². The molecule has 39 heavy (non-hydrogen) atoms. The number of ketones is 1. The second-order valence-electron chi connectivity index (χ2n) is 8.65. The molecule has 1 unspecified atom stereocenters. The summed E-state index contributed by atoms with van der Waals surface area (Å²) in [5.41, 5.74) is 0.193. The van der Waals surface area contributed by atoms with Crippen LogP contribution in [0.25, 0.3) is 5.76 Å². The number of benzene rings is 2. The fraction of sp³-hybridized carbons (Fsp3) is 0.259. The van der Waals surface area contributed by atoms with Gasteiger partial charge < -0.3 is 14.6 Å². The van der Waals surface area contributed by atoms with E-state index in [2.05, 4.69) is 4.98 Å². The van der Waals surface area contributed by atoms with Crippen LogP contribution in [0.4, 0.5) is 10.8 Å². The molecule has 0 radical (unpaired) electrons. The summed E-state index contributed by atoms with van der Waals surface area (Å²) in [5.74, 6) is -2.56. The number of carbonyl (C=O) groups is 3. The summed E-state index contributed by atoms with van der Waals surface area (Å²) in [5, 5.41) is 22.8. The number of aryl methyl sites for hydroxylation is 1. The van der Waals surface area contributed by atoms with Gasteiger partial charge >= 0.3 is 11.9 Å². The number of aliphatic hydroxyl groups is 1. The molecule has 1 atom stereocenters. The molecule has 0 saturated carbocycles. The maximum atomic E-state index is 13.3. The number of non-ortho nitro benzene ring substituents is 1. The summed E-state index contributed by atoms with van der Waals surface area (Å²) < 4.78 is 10.4. The molecule has 1 N–H and O–H groups in total. The Labute approximate surface area is 227 Å². The highest BCUT2D eigenvalue weighted by Gasteiger charge is 2.48. The van der Waals surface area contributed by atoms with Crippen LogP contribution in [-0.4, -0.2) is 46.4 Å². The smallest absolute Gasteiger partial charge is 0.350 e. The van der Waals surface area contributed by atoms with Crippen molar-refractivity contribution in [1.29, 1.82) is 0 Å². The molecule has 4 rings (SSSR count). The first-order chi connectivity index (χ1) is 18.7. The highest BCUT2D eigenvalue weighted by atomic mass is 32.1. The number of rotatable bonds is 9. The van der Waals surface area contributed by atoms with Gasteiger partial charge in [-0.1, -0.05) is 36.8 Å². The summed E-state index contributed by atoms with van der Waals surface area (Å²) in [7, 11) is 1.20. The molecule has 12 heteroatoms. The number of nitro benzene ring substituents is 1. The van der Waals surface area contributed by atoms with Gasteiger partial charge in [0.15, 0.2) is 5.13 Å². The van der Waals surface area contributed by atoms with E-state index in [4.69, 9.17) is 9.47 Å². The Morgan fingerprint density at radius 2 is 1.92 bits per heavy atom. The second-order valence-corrected chi connectivity index (χ2v) is 9.63. The van der Waals surface area contributed by atoms with Crippen molar-refractivity contribution in [3.8, 4) is 5.75 Å². The summed E-state index contributed by atoms with van der Waals surface area (Å²) in [4.78, 5) is 55.3. The van der Waals surface area contributed by atoms with E-state index in [0.717, 1.165) is 29.1 Å². The first kappa shape index (κ1) is 27.5. The first-order valence-electron chi connectivity index (χ1n) is 12.0. The van der Waals surface area contributed by atoms with Crippen LogP contribution in [0.3, 0.4) is 0 Å². The van der Waals surface area contributed by atoms with E-state index in [0.29, 0.717) is 12.4 Å². The van der Waals surface area contributed by atoms with E-state index in [9.17, 15) is 29.6 Å². The molecule has 2 heterocycles. The number of methoxy groups -OCH3 is 1. The van der Waals surface area contributed by atoms with Crippen molar-refractivity contribution in [2.75, 3.05) is 18.6 Å². The van der Waals surface area contributed by atoms with E-state index in [1.807, 2.05) is 6.92 Å². The van der Waals surface area contributed by atoms with Gasteiger partial charge in [-0.15, -0.1) is 0 Å². The molecule has 3 aromatic rings. The lowest BCUT2D eigenvalue weighted by molar-refractivity contribution is -0.384. The third kappa shape index (κ3) is 5.36. The molecule has 1 saturated heterocycles. The molecule has 1 aromatic heterocycles. The summed E-state index contributed by atoms with van der Waals surface area (Å²) >= 11 is 0.838. The van der Waals surface area contributed by atoms with E-state index < -0.39 is 34.4 Å². The number of ether oxygens (including phenoxy) is 2. The van der Waals surface area contributed by atoms with E-state index >= 15 is 0 Å². The number of aromatic nitrogens is 1. The zero-order chi connectivity index (χ0) is 28.3. The molecule has 1 amide bonds. The number of Topliss-reactive ketones (excluding diaryl/α,β-unsaturated/α-hetero) is 1. The van der Waals surface area contributed by atoms with Gasteiger partial charge in [0, 0.05) is 17.7 Å². The highest BCUT2D eigenvalue weighted by Crippen LogP contribution is 2.44. The average Bonchev–Trinajstić information content (AvgIpc) is 3.44. The quantitative estimate of drug-likeness (QED) is 0.0741. The third-order valence-electron chi connectivity index (χ3n) is 6.10. The molecule has 202 valence electrons. The molecular formula is C27H25N3O8S. The predicted octanol–water partition coefficient (Wildman–Crippen LogP) is 4.95. The maximum Gasteiger partial charge on any atom is 0.350 e. The topological polar surface area (TPSA) is 149 Å². The number of carbonyl (C=O) groups excluding carboxylic acids is 3. The number of aliphatic hydroxyl groups excluding tert-OH is 1. The molecule has 11 nitrogen and oxygen atoms in total. The SMILES string of the molecule is CCCCOc1ccc(/C(O)=C2/C(=O)C(=O)N(c3nc(C)c(C(=O)OC)s3)C2c2cccc([N+](=O)[O-])c2)cc1. The van der Waals surface area contributed by atoms with Crippen LogP contribution in [-0.2, 0) is 14.3 Å². The molecule has 2 aromatic carbocycles. The van der Waals surface area contributed by atoms with Crippen LogP contribution in [0.2, 0.25) is 0 Å².